The fourth-order valence-electron chi connectivity index (χ4n) is 2.02. The first-order valence-corrected chi connectivity index (χ1v) is 5.10. The van der Waals surface area contributed by atoms with Gasteiger partial charge >= 0.3 is 0 Å². The van der Waals surface area contributed by atoms with Gasteiger partial charge in [-0.15, -0.1) is 0 Å². The molecule has 1 heterocycles. The van der Waals surface area contributed by atoms with Crippen molar-refractivity contribution in [3.63, 3.8) is 0 Å². The van der Waals surface area contributed by atoms with Crippen LogP contribution in [0, 0.1) is 16.7 Å². The molecule has 1 aliphatic rings. The van der Waals surface area contributed by atoms with Crippen molar-refractivity contribution in [1.82, 2.24) is 4.90 Å². The Balaban J connectivity index is 2.69. The van der Waals surface area contributed by atoms with E-state index in [1.165, 1.54) is 0 Å². The lowest BCUT2D eigenvalue weighted by atomic mass is 9.75. The molecule has 0 spiro atoms. The molecule has 2 unspecified atom stereocenters. The van der Waals surface area contributed by atoms with Gasteiger partial charge in [0.05, 0.1) is 6.07 Å². The highest BCUT2D eigenvalue weighted by Gasteiger charge is 2.39. The second kappa shape index (κ2) is 4.10. The van der Waals surface area contributed by atoms with Crippen LogP contribution in [0.15, 0.2) is 0 Å². The Labute approximate surface area is 85.7 Å². The summed E-state index contributed by atoms with van der Waals surface area (Å²) in [5.41, 5.74) is -0.295. The molecule has 78 valence electrons. The molecule has 0 bridgehead atoms. The predicted octanol–water partition coefficient (Wildman–Crippen LogP) is 1.59. The summed E-state index contributed by atoms with van der Waals surface area (Å²) in [4.78, 5) is 14.0. The number of nitrogens with zero attached hydrogens (tertiary/aromatic N) is 2. The lowest BCUT2D eigenvalue weighted by Crippen LogP contribution is -2.50. The number of hydrogen-bond acceptors (Lipinski definition) is 3. The topological polar surface area (TPSA) is 44.1 Å². The minimum absolute atomic E-state index is 0.295. The van der Waals surface area contributed by atoms with Crippen molar-refractivity contribution in [1.29, 1.82) is 5.26 Å². The molecule has 0 amide bonds. The van der Waals surface area contributed by atoms with E-state index in [-0.39, 0.29) is 5.41 Å². The van der Waals surface area contributed by atoms with Crippen LogP contribution in [0.4, 0.5) is 0 Å². The third-order valence-electron chi connectivity index (χ3n) is 3.29. The molecule has 1 rings (SSSR count). The van der Waals surface area contributed by atoms with Gasteiger partial charge in [-0.1, -0.05) is 6.92 Å². The zero-order chi connectivity index (χ0) is 10.8. The van der Waals surface area contributed by atoms with Crippen molar-refractivity contribution in [3.8, 4) is 6.07 Å². The van der Waals surface area contributed by atoms with Crippen molar-refractivity contribution in [3.05, 3.63) is 0 Å². The fourth-order valence-corrected chi connectivity index (χ4v) is 2.02. The van der Waals surface area contributed by atoms with E-state index in [0.717, 1.165) is 6.54 Å². The molecule has 3 nitrogen and oxygen atoms in total. The molecular formula is C11H18N2O. The van der Waals surface area contributed by atoms with Crippen LogP contribution < -0.4 is 0 Å². The first kappa shape index (κ1) is 11.2. The van der Waals surface area contributed by atoms with E-state index in [0.29, 0.717) is 31.1 Å². The van der Waals surface area contributed by atoms with Gasteiger partial charge in [0.1, 0.15) is 5.78 Å². The molecule has 2 atom stereocenters. The van der Waals surface area contributed by atoms with E-state index >= 15 is 0 Å². The molecule has 0 radical (unpaired) electrons. The van der Waals surface area contributed by atoms with Crippen molar-refractivity contribution >= 4 is 5.78 Å². The Bertz CT molecular complexity index is 269. The molecule has 0 aromatic rings. The molecule has 0 aromatic heterocycles. The first-order valence-electron chi connectivity index (χ1n) is 5.10. The van der Waals surface area contributed by atoms with E-state index in [1.807, 2.05) is 14.0 Å². The normalized spacial score (nSPS) is 34.1. The van der Waals surface area contributed by atoms with E-state index < -0.39 is 0 Å². The number of piperidine rings is 1. The standard InChI is InChI=1S/C11H18N2O/c1-9-7-10(14)11(2,5-4-6-12)8-13(9)3/h9H,4-5,7-8H2,1-3H3. The van der Waals surface area contributed by atoms with Crippen molar-refractivity contribution in [2.75, 3.05) is 13.6 Å². The SMILES string of the molecule is CC1CC(=O)C(C)(CCC#N)CN1C. The maximum atomic E-state index is 11.8. The highest BCUT2D eigenvalue weighted by atomic mass is 16.1. The summed E-state index contributed by atoms with van der Waals surface area (Å²) in [5.74, 6) is 0.318. The van der Waals surface area contributed by atoms with E-state index in [2.05, 4.69) is 17.9 Å². The summed E-state index contributed by atoms with van der Waals surface area (Å²) in [5, 5.41) is 8.54. The Morgan fingerprint density at radius 1 is 1.71 bits per heavy atom. The lowest BCUT2D eigenvalue weighted by molar-refractivity contribution is -0.134. The average molecular weight is 194 g/mol. The van der Waals surface area contributed by atoms with Gasteiger partial charge in [-0.3, -0.25) is 4.79 Å². The van der Waals surface area contributed by atoms with Crippen molar-refractivity contribution < 1.29 is 4.79 Å². The Morgan fingerprint density at radius 3 is 2.93 bits per heavy atom. The Kier molecular flexibility index (Phi) is 3.28. The molecule has 0 saturated carbocycles. The van der Waals surface area contributed by atoms with Gasteiger partial charge in [-0.05, 0) is 20.4 Å². The monoisotopic (exact) mass is 194 g/mol. The summed E-state index contributed by atoms with van der Waals surface area (Å²) in [7, 11) is 2.04. The second-order valence-corrected chi connectivity index (χ2v) is 4.61. The molecule has 1 aliphatic heterocycles. The largest absolute Gasteiger partial charge is 0.302 e. The van der Waals surface area contributed by atoms with Crippen LogP contribution in [-0.2, 0) is 4.79 Å². The van der Waals surface area contributed by atoms with Crippen LogP contribution in [0.1, 0.15) is 33.1 Å². The van der Waals surface area contributed by atoms with E-state index in [4.69, 9.17) is 5.26 Å². The van der Waals surface area contributed by atoms with Gasteiger partial charge < -0.3 is 4.90 Å². The van der Waals surface area contributed by atoms with Crippen LogP contribution in [-0.4, -0.2) is 30.3 Å². The molecule has 3 heteroatoms. The molecule has 14 heavy (non-hydrogen) atoms. The zero-order valence-electron chi connectivity index (χ0n) is 9.21. The van der Waals surface area contributed by atoms with Gasteiger partial charge in [-0.2, -0.15) is 5.26 Å². The number of ketones is 1. The van der Waals surface area contributed by atoms with Crippen LogP contribution >= 0.6 is 0 Å². The quantitative estimate of drug-likeness (QED) is 0.670. The molecule has 0 aliphatic carbocycles. The molecule has 1 fully saturated rings. The van der Waals surface area contributed by atoms with E-state index in [9.17, 15) is 4.79 Å². The minimum Gasteiger partial charge on any atom is -0.302 e. The fraction of sp³-hybridized carbons (Fsp3) is 0.818. The predicted molar refractivity (Wildman–Crippen MR) is 54.7 cm³/mol. The highest BCUT2D eigenvalue weighted by Crippen LogP contribution is 2.32. The van der Waals surface area contributed by atoms with Gasteiger partial charge in [0.25, 0.3) is 0 Å². The summed E-state index contributed by atoms with van der Waals surface area (Å²) in [6.07, 6.45) is 1.79. The summed E-state index contributed by atoms with van der Waals surface area (Å²) in [6, 6.07) is 2.46. The maximum Gasteiger partial charge on any atom is 0.141 e. The Morgan fingerprint density at radius 2 is 2.36 bits per heavy atom. The molecule has 0 aromatic carbocycles. The zero-order valence-corrected chi connectivity index (χ0v) is 9.21. The smallest absolute Gasteiger partial charge is 0.141 e. The molecule has 1 saturated heterocycles. The molecule has 0 N–H and O–H groups in total. The summed E-state index contributed by atoms with van der Waals surface area (Å²) >= 11 is 0. The highest BCUT2D eigenvalue weighted by molar-refractivity contribution is 5.86. The first-order chi connectivity index (χ1) is 6.49. The van der Waals surface area contributed by atoms with E-state index in [1.54, 1.807) is 0 Å². The van der Waals surface area contributed by atoms with Crippen LogP contribution in [0.5, 0.6) is 0 Å². The number of carbonyl (C=O) groups is 1. The van der Waals surface area contributed by atoms with Crippen LogP contribution in [0.3, 0.4) is 0 Å². The third-order valence-corrected chi connectivity index (χ3v) is 3.29. The van der Waals surface area contributed by atoms with Gasteiger partial charge in [0, 0.05) is 30.8 Å². The second-order valence-electron chi connectivity index (χ2n) is 4.61. The van der Waals surface area contributed by atoms with Gasteiger partial charge in [0.15, 0.2) is 0 Å². The number of likely N-dealkylation sites (tertiary alicyclic amines) is 1. The summed E-state index contributed by atoms with van der Waals surface area (Å²) in [6.45, 7) is 4.84. The summed E-state index contributed by atoms with van der Waals surface area (Å²) < 4.78 is 0. The Hall–Kier alpha value is -0.880. The third kappa shape index (κ3) is 2.13. The number of rotatable bonds is 2. The van der Waals surface area contributed by atoms with Gasteiger partial charge in [0.2, 0.25) is 0 Å². The van der Waals surface area contributed by atoms with Crippen molar-refractivity contribution in [2.24, 2.45) is 5.41 Å². The average Bonchev–Trinajstić information content (AvgIpc) is 2.12. The number of Topliss-reactive ketones (excluding diaryl/α,β-unsaturated/α-hetero) is 1. The maximum absolute atomic E-state index is 11.8. The minimum atomic E-state index is -0.295. The number of nitriles is 1. The van der Waals surface area contributed by atoms with Gasteiger partial charge in [-0.25, -0.2) is 0 Å². The van der Waals surface area contributed by atoms with Crippen molar-refractivity contribution in [2.45, 2.75) is 39.2 Å². The van der Waals surface area contributed by atoms with Crippen LogP contribution in [0.25, 0.3) is 0 Å². The van der Waals surface area contributed by atoms with Crippen LogP contribution in [0.2, 0.25) is 0 Å². The lowest BCUT2D eigenvalue weighted by Gasteiger charge is -2.40. The molecular weight excluding hydrogens is 176 g/mol. The number of hydrogen-bond donors (Lipinski definition) is 0. The number of carbonyl (C=O) groups excluding carboxylic acids is 1.